The highest BCUT2D eigenvalue weighted by atomic mass is 35.5. The van der Waals surface area contributed by atoms with Gasteiger partial charge in [0, 0.05) is 55.6 Å². The average Bonchev–Trinajstić information content (AvgIpc) is 3.19. The first-order chi connectivity index (χ1) is 16.2. The molecule has 0 aliphatic carbocycles. The molecular weight excluding hydrogens is 491 g/mol. The number of amides is 1. The summed E-state index contributed by atoms with van der Waals surface area (Å²) >= 11 is 13.8. The molecule has 1 atom stereocenters. The van der Waals surface area contributed by atoms with E-state index in [0.717, 1.165) is 32.5 Å². The van der Waals surface area contributed by atoms with Gasteiger partial charge in [0.15, 0.2) is 0 Å². The van der Waals surface area contributed by atoms with E-state index in [-0.39, 0.29) is 11.9 Å². The summed E-state index contributed by atoms with van der Waals surface area (Å²) in [6.45, 7) is 3.88. The van der Waals surface area contributed by atoms with Crippen molar-refractivity contribution in [3.8, 4) is 16.9 Å². The Balaban J connectivity index is 1.62. The minimum absolute atomic E-state index is 0.179. The molecule has 5 nitrogen and oxygen atoms in total. The van der Waals surface area contributed by atoms with Crippen LogP contribution in [0.5, 0.6) is 5.75 Å². The summed E-state index contributed by atoms with van der Waals surface area (Å²) in [6.07, 6.45) is 4.08. The molecule has 0 saturated heterocycles. The number of carbonyl (C=O) groups excluding carboxylic acids is 1. The number of hydrogen-bond donors (Lipinski definition) is 2. The van der Waals surface area contributed by atoms with Crippen LogP contribution in [-0.2, 0) is 5.60 Å². The van der Waals surface area contributed by atoms with Gasteiger partial charge in [0.05, 0.1) is 23.1 Å². The lowest BCUT2D eigenvalue weighted by atomic mass is 9.94. The van der Waals surface area contributed by atoms with E-state index in [4.69, 9.17) is 27.9 Å². The summed E-state index contributed by atoms with van der Waals surface area (Å²) in [4.78, 5) is 18.5. The molecule has 1 amide bonds. The zero-order valence-electron chi connectivity index (χ0n) is 18.6. The van der Waals surface area contributed by atoms with Crippen LogP contribution in [-0.4, -0.2) is 22.6 Å². The van der Waals surface area contributed by atoms with Gasteiger partial charge in [-0.05, 0) is 43.7 Å². The normalized spacial score (nSPS) is 15.6. The van der Waals surface area contributed by atoms with Gasteiger partial charge >= 0.3 is 0 Å². The number of thiophene rings is 1. The third-order valence-electron chi connectivity index (χ3n) is 5.85. The summed E-state index contributed by atoms with van der Waals surface area (Å²) in [6, 6.07) is 12.8. The van der Waals surface area contributed by atoms with E-state index < -0.39 is 5.60 Å². The third kappa shape index (κ3) is 4.27. The summed E-state index contributed by atoms with van der Waals surface area (Å²) in [7, 11) is 0. The SMILES string of the molecule is CC(C)(O)c1c(C(=O)N[C@H]2CCOc3ccccc32)sc2c(-c3cc(Cl)cc(Cl)c3)cncc12. The van der Waals surface area contributed by atoms with E-state index in [0.29, 0.717) is 33.5 Å². The quantitative estimate of drug-likeness (QED) is 0.317. The summed E-state index contributed by atoms with van der Waals surface area (Å²) in [5.41, 5.74) is 1.83. The fourth-order valence-corrected chi connectivity index (χ4v) is 6.30. The zero-order valence-corrected chi connectivity index (χ0v) is 20.9. The molecule has 0 bridgehead atoms. The smallest absolute Gasteiger partial charge is 0.262 e. The van der Waals surface area contributed by atoms with Gasteiger partial charge in [0.1, 0.15) is 5.75 Å². The first-order valence-electron chi connectivity index (χ1n) is 10.8. The second kappa shape index (κ2) is 8.86. The van der Waals surface area contributed by atoms with E-state index in [1.165, 1.54) is 11.3 Å². The van der Waals surface area contributed by atoms with E-state index >= 15 is 0 Å². The average molecular weight is 513 g/mol. The van der Waals surface area contributed by atoms with Gasteiger partial charge in [-0.1, -0.05) is 41.4 Å². The number of fused-ring (bicyclic) bond motifs is 2. The number of aromatic nitrogens is 1. The number of carbonyl (C=O) groups is 1. The van der Waals surface area contributed by atoms with E-state index in [1.807, 2.05) is 36.4 Å². The summed E-state index contributed by atoms with van der Waals surface area (Å²) in [5.74, 6) is 0.539. The van der Waals surface area contributed by atoms with Crippen molar-refractivity contribution in [2.75, 3.05) is 6.61 Å². The van der Waals surface area contributed by atoms with Crippen LogP contribution < -0.4 is 10.1 Å². The van der Waals surface area contributed by atoms with Crippen molar-refractivity contribution < 1.29 is 14.6 Å². The second-order valence-electron chi connectivity index (χ2n) is 8.79. The van der Waals surface area contributed by atoms with Crippen molar-refractivity contribution in [2.45, 2.75) is 31.9 Å². The van der Waals surface area contributed by atoms with Crippen LogP contribution in [0.15, 0.2) is 54.9 Å². The van der Waals surface area contributed by atoms with Crippen molar-refractivity contribution >= 4 is 50.5 Å². The molecule has 8 heteroatoms. The maximum Gasteiger partial charge on any atom is 0.262 e. The Morgan fingerprint density at radius 1 is 1.18 bits per heavy atom. The number of nitrogens with one attached hydrogen (secondary N) is 1. The maximum absolute atomic E-state index is 13.6. The number of hydrogen-bond acceptors (Lipinski definition) is 5. The van der Waals surface area contributed by atoms with Crippen LogP contribution in [0.1, 0.15) is 47.1 Å². The van der Waals surface area contributed by atoms with Crippen molar-refractivity contribution in [3.05, 3.63) is 80.9 Å². The molecule has 0 fully saturated rings. The Morgan fingerprint density at radius 2 is 1.91 bits per heavy atom. The molecular formula is C26H22Cl2N2O3S. The van der Waals surface area contributed by atoms with Crippen molar-refractivity contribution in [1.29, 1.82) is 0 Å². The standard InChI is InChI=1S/C26H22Cl2N2O3S/c1-26(2,32)22-19-13-29-12-18(14-9-15(27)11-16(28)10-14)23(19)34-24(22)25(31)30-20-7-8-33-21-6-4-3-5-17(20)21/h3-6,9-13,20,32H,7-8H2,1-2H3,(H,30,31)/t20-/m0/s1. The Morgan fingerprint density at radius 3 is 2.65 bits per heavy atom. The largest absolute Gasteiger partial charge is 0.493 e. The predicted octanol–water partition coefficient (Wildman–Crippen LogP) is 6.75. The summed E-state index contributed by atoms with van der Waals surface area (Å²) in [5, 5.41) is 16.0. The molecule has 4 aromatic rings. The van der Waals surface area contributed by atoms with Gasteiger partial charge in [-0.15, -0.1) is 11.3 Å². The van der Waals surface area contributed by atoms with E-state index in [9.17, 15) is 9.90 Å². The van der Waals surface area contributed by atoms with Crippen molar-refractivity contribution in [3.63, 3.8) is 0 Å². The lowest BCUT2D eigenvalue weighted by Gasteiger charge is -2.27. The fraction of sp³-hybridized carbons (Fsp3) is 0.231. The van der Waals surface area contributed by atoms with Crippen LogP contribution in [0, 0.1) is 0 Å². The topological polar surface area (TPSA) is 71.5 Å². The molecule has 0 unspecified atom stereocenters. The lowest BCUT2D eigenvalue weighted by molar-refractivity contribution is 0.0762. The number of pyridine rings is 1. The molecule has 2 N–H and O–H groups in total. The Kier molecular flexibility index (Phi) is 6.02. The summed E-state index contributed by atoms with van der Waals surface area (Å²) < 4.78 is 6.57. The number of aliphatic hydroxyl groups is 1. The number of benzene rings is 2. The van der Waals surface area contributed by atoms with E-state index in [2.05, 4.69) is 10.3 Å². The molecule has 1 aliphatic rings. The molecule has 3 heterocycles. The van der Waals surface area contributed by atoms with Crippen LogP contribution in [0.2, 0.25) is 10.0 Å². The highest BCUT2D eigenvalue weighted by Gasteiger charge is 2.32. The predicted molar refractivity (Wildman–Crippen MR) is 137 cm³/mol. The molecule has 0 radical (unpaired) electrons. The number of nitrogens with zero attached hydrogens (tertiary/aromatic N) is 1. The van der Waals surface area contributed by atoms with Gasteiger partial charge < -0.3 is 15.2 Å². The Hall–Kier alpha value is -2.64. The third-order valence-corrected chi connectivity index (χ3v) is 7.53. The van der Waals surface area contributed by atoms with Gasteiger partial charge in [0.25, 0.3) is 5.91 Å². The minimum atomic E-state index is -1.26. The number of rotatable bonds is 4. The van der Waals surface area contributed by atoms with Crippen LogP contribution in [0.25, 0.3) is 21.2 Å². The van der Waals surface area contributed by atoms with Crippen LogP contribution >= 0.6 is 34.5 Å². The molecule has 5 rings (SSSR count). The monoisotopic (exact) mass is 512 g/mol. The maximum atomic E-state index is 13.6. The molecule has 0 saturated carbocycles. The number of halogens is 2. The molecule has 34 heavy (non-hydrogen) atoms. The fourth-order valence-electron chi connectivity index (χ4n) is 4.41. The Labute approximate surface area is 211 Å². The zero-order chi connectivity index (χ0) is 24.0. The highest BCUT2D eigenvalue weighted by molar-refractivity contribution is 7.21. The molecule has 2 aromatic heterocycles. The highest BCUT2D eigenvalue weighted by Crippen LogP contribution is 2.43. The lowest BCUT2D eigenvalue weighted by Crippen LogP contribution is -2.33. The number of para-hydroxylation sites is 1. The molecule has 2 aromatic carbocycles. The first kappa shape index (κ1) is 23.1. The van der Waals surface area contributed by atoms with Crippen molar-refractivity contribution in [1.82, 2.24) is 10.3 Å². The van der Waals surface area contributed by atoms with Gasteiger partial charge in [-0.25, -0.2) is 0 Å². The minimum Gasteiger partial charge on any atom is -0.493 e. The molecule has 1 aliphatic heterocycles. The first-order valence-corrected chi connectivity index (χ1v) is 12.4. The molecule has 174 valence electrons. The number of ether oxygens (including phenoxy) is 1. The van der Waals surface area contributed by atoms with Crippen LogP contribution in [0.4, 0.5) is 0 Å². The second-order valence-corrected chi connectivity index (χ2v) is 10.7. The van der Waals surface area contributed by atoms with Crippen molar-refractivity contribution in [2.24, 2.45) is 0 Å². The van der Waals surface area contributed by atoms with Gasteiger partial charge in [0.2, 0.25) is 0 Å². The van der Waals surface area contributed by atoms with Crippen LogP contribution in [0.3, 0.4) is 0 Å². The Bertz CT molecular complexity index is 1390. The van der Waals surface area contributed by atoms with Gasteiger partial charge in [-0.3, -0.25) is 9.78 Å². The van der Waals surface area contributed by atoms with E-state index in [1.54, 1.807) is 32.3 Å². The molecule has 0 spiro atoms. The van der Waals surface area contributed by atoms with Gasteiger partial charge in [-0.2, -0.15) is 0 Å².